The van der Waals surface area contributed by atoms with E-state index >= 15 is 0 Å². The highest BCUT2D eigenvalue weighted by atomic mass is 16.5. The highest BCUT2D eigenvalue weighted by Gasteiger charge is 2.19. The van der Waals surface area contributed by atoms with Crippen LogP contribution in [0.15, 0.2) is 34.9 Å². The number of nitrogens with two attached hydrogens (primary N) is 1. The first-order chi connectivity index (χ1) is 9.31. The first-order valence-electron chi connectivity index (χ1n) is 6.67. The van der Waals surface area contributed by atoms with E-state index < -0.39 is 0 Å². The second kappa shape index (κ2) is 5.50. The van der Waals surface area contributed by atoms with Gasteiger partial charge in [-0.2, -0.15) is 4.98 Å². The summed E-state index contributed by atoms with van der Waals surface area (Å²) in [5, 5.41) is 4.04. The van der Waals surface area contributed by atoms with Crippen molar-refractivity contribution in [3.05, 3.63) is 36.2 Å². The fraction of sp³-hybridized carbons (Fsp3) is 0.429. The van der Waals surface area contributed by atoms with Gasteiger partial charge in [0.2, 0.25) is 0 Å². The summed E-state index contributed by atoms with van der Waals surface area (Å²) in [6.07, 6.45) is 2.25. The van der Waals surface area contributed by atoms with Crippen LogP contribution in [-0.2, 0) is 6.54 Å². The number of likely N-dealkylation sites (tertiary alicyclic amines) is 1. The molecule has 0 spiro atoms. The van der Waals surface area contributed by atoms with Gasteiger partial charge >= 0.3 is 0 Å². The zero-order chi connectivity index (χ0) is 13.1. The SMILES string of the molecule is NC1CCCN(Cc2noc(-c3ccccc3)n2)C1. The molecule has 1 aromatic heterocycles. The molecule has 0 saturated carbocycles. The average Bonchev–Trinajstić information content (AvgIpc) is 2.88. The molecule has 3 rings (SSSR count). The second-order valence-electron chi connectivity index (χ2n) is 5.02. The predicted molar refractivity (Wildman–Crippen MR) is 72.2 cm³/mol. The van der Waals surface area contributed by atoms with Crippen LogP contribution in [0.3, 0.4) is 0 Å². The molecule has 1 saturated heterocycles. The molecule has 100 valence electrons. The lowest BCUT2D eigenvalue weighted by molar-refractivity contribution is 0.195. The van der Waals surface area contributed by atoms with Gasteiger partial charge in [0, 0.05) is 18.2 Å². The van der Waals surface area contributed by atoms with Crippen LogP contribution in [0.1, 0.15) is 18.7 Å². The Kier molecular flexibility index (Phi) is 3.57. The third-order valence-corrected chi connectivity index (χ3v) is 3.40. The van der Waals surface area contributed by atoms with Crippen molar-refractivity contribution >= 4 is 0 Å². The van der Waals surface area contributed by atoms with E-state index in [2.05, 4.69) is 15.0 Å². The molecule has 1 aromatic carbocycles. The molecular weight excluding hydrogens is 240 g/mol. The lowest BCUT2D eigenvalue weighted by atomic mass is 10.1. The summed E-state index contributed by atoms with van der Waals surface area (Å²) in [4.78, 5) is 6.72. The molecule has 0 bridgehead atoms. The average molecular weight is 258 g/mol. The summed E-state index contributed by atoms with van der Waals surface area (Å²) >= 11 is 0. The summed E-state index contributed by atoms with van der Waals surface area (Å²) in [6, 6.07) is 10.1. The van der Waals surface area contributed by atoms with Crippen molar-refractivity contribution in [3.8, 4) is 11.5 Å². The van der Waals surface area contributed by atoms with E-state index in [9.17, 15) is 0 Å². The molecular formula is C14H18N4O. The molecule has 0 amide bonds. The van der Waals surface area contributed by atoms with Crippen molar-refractivity contribution in [2.45, 2.75) is 25.4 Å². The van der Waals surface area contributed by atoms with Crippen LogP contribution in [0.2, 0.25) is 0 Å². The number of piperidine rings is 1. The molecule has 5 heteroatoms. The number of benzene rings is 1. The normalized spacial score (nSPS) is 20.6. The molecule has 1 atom stereocenters. The summed E-state index contributed by atoms with van der Waals surface area (Å²) in [7, 11) is 0. The van der Waals surface area contributed by atoms with Crippen molar-refractivity contribution in [3.63, 3.8) is 0 Å². The molecule has 2 heterocycles. The van der Waals surface area contributed by atoms with Gasteiger partial charge in [0.05, 0.1) is 6.54 Å². The van der Waals surface area contributed by atoms with Crippen LogP contribution in [-0.4, -0.2) is 34.2 Å². The number of hydrogen-bond donors (Lipinski definition) is 1. The Morgan fingerprint density at radius 1 is 1.32 bits per heavy atom. The van der Waals surface area contributed by atoms with E-state index in [1.54, 1.807) is 0 Å². The fourth-order valence-electron chi connectivity index (χ4n) is 2.45. The van der Waals surface area contributed by atoms with E-state index in [0.29, 0.717) is 12.4 Å². The van der Waals surface area contributed by atoms with Gasteiger partial charge < -0.3 is 10.3 Å². The molecule has 5 nitrogen and oxygen atoms in total. The number of nitrogens with zero attached hydrogens (tertiary/aromatic N) is 3. The van der Waals surface area contributed by atoms with Crippen molar-refractivity contribution in [2.24, 2.45) is 5.73 Å². The fourth-order valence-corrected chi connectivity index (χ4v) is 2.45. The van der Waals surface area contributed by atoms with E-state index in [-0.39, 0.29) is 6.04 Å². The van der Waals surface area contributed by atoms with Crippen LogP contribution in [0, 0.1) is 0 Å². The van der Waals surface area contributed by atoms with Crippen molar-refractivity contribution in [2.75, 3.05) is 13.1 Å². The first-order valence-corrected chi connectivity index (χ1v) is 6.67. The molecule has 19 heavy (non-hydrogen) atoms. The minimum absolute atomic E-state index is 0.272. The number of aromatic nitrogens is 2. The van der Waals surface area contributed by atoms with Gasteiger partial charge in [0.15, 0.2) is 5.82 Å². The van der Waals surface area contributed by atoms with Crippen LogP contribution in [0.5, 0.6) is 0 Å². The monoisotopic (exact) mass is 258 g/mol. The van der Waals surface area contributed by atoms with Gasteiger partial charge in [-0.25, -0.2) is 0 Å². The van der Waals surface area contributed by atoms with Gasteiger partial charge in [-0.3, -0.25) is 4.90 Å². The Hall–Kier alpha value is -1.72. The lowest BCUT2D eigenvalue weighted by Gasteiger charge is -2.29. The van der Waals surface area contributed by atoms with Gasteiger partial charge in [-0.15, -0.1) is 0 Å². The maximum absolute atomic E-state index is 5.97. The Morgan fingerprint density at radius 2 is 2.16 bits per heavy atom. The van der Waals surface area contributed by atoms with Crippen molar-refractivity contribution in [1.29, 1.82) is 0 Å². The van der Waals surface area contributed by atoms with Crippen LogP contribution in [0.25, 0.3) is 11.5 Å². The van der Waals surface area contributed by atoms with Crippen LogP contribution < -0.4 is 5.73 Å². The Balaban J connectivity index is 1.68. The zero-order valence-electron chi connectivity index (χ0n) is 10.8. The number of rotatable bonds is 3. The van der Waals surface area contributed by atoms with Gasteiger partial charge in [0.25, 0.3) is 5.89 Å². The molecule has 1 aliphatic heterocycles. The smallest absolute Gasteiger partial charge is 0.257 e. The lowest BCUT2D eigenvalue weighted by Crippen LogP contribution is -2.42. The molecule has 2 N–H and O–H groups in total. The molecule has 0 radical (unpaired) electrons. The third-order valence-electron chi connectivity index (χ3n) is 3.40. The van der Waals surface area contributed by atoms with Gasteiger partial charge in [0.1, 0.15) is 0 Å². The first kappa shape index (κ1) is 12.3. The Bertz CT molecular complexity index is 525. The molecule has 1 fully saturated rings. The summed E-state index contributed by atoms with van der Waals surface area (Å²) in [6.45, 7) is 2.68. The van der Waals surface area contributed by atoms with Crippen molar-refractivity contribution < 1.29 is 4.52 Å². The van der Waals surface area contributed by atoms with E-state index in [1.165, 1.54) is 0 Å². The zero-order valence-corrected chi connectivity index (χ0v) is 10.8. The van der Waals surface area contributed by atoms with Gasteiger partial charge in [-0.1, -0.05) is 23.4 Å². The maximum atomic E-state index is 5.97. The molecule has 0 aliphatic carbocycles. The summed E-state index contributed by atoms with van der Waals surface area (Å²) in [5.41, 5.74) is 6.92. The predicted octanol–water partition coefficient (Wildman–Crippen LogP) is 1.66. The van der Waals surface area contributed by atoms with Crippen LogP contribution >= 0.6 is 0 Å². The minimum Gasteiger partial charge on any atom is -0.334 e. The summed E-state index contributed by atoms with van der Waals surface area (Å²) < 4.78 is 5.30. The Morgan fingerprint density at radius 3 is 2.95 bits per heavy atom. The molecule has 2 aromatic rings. The molecule has 1 unspecified atom stereocenters. The highest BCUT2D eigenvalue weighted by Crippen LogP contribution is 2.17. The standard InChI is InChI=1S/C14H18N4O/c15-12-7-4-8-18(9-12)10-13-16-14(19-17-13)11-5-2-1-3-6-11/h1-3,5-6,12H,4,7-10,15H2. The highest BCUT2D eigenvalue weighted by molar-refractivity contribution is 5.51. The third kappa shape index (κ3) is 3.00. The van der Waals surface area contributed by atoms with E-state index in [4.69, 9.17) is 10.3 Å². The largest absolute Gasteiger partial charge is 0.334 e. The quantitative estimate of drug-likeness (QED) is 0.906. The van der Waals surface area contributed by atoms with Crippen LogP contribution in [0.4, 0.5) is 0 Å². The van der Waals surface area contributed by atoms with Gasteiger partial charge in [-0.05, 0) is 31.5 Å². The van der Waals surface area contributed by atoms with E-state index in [1.807, 2.05) is 30.3 Å². The topological polar surface area (TPSA) is 68.2 Å². The molecule has 1 aliphatic rings. The maximum Gasteiger partial charge on any atom is 0.257 e. The second-order valence-corrected chi connectivity index (χ2v) is 5.02. The van der Waals surface area contributed by atoms with E-state index in [0.717, 1.165) is 37.3 Å². The summed E-state index contributed by atoms with van der Waals surface area (Å²) in [5.74, 6) is 1.31. The minimum atomic E-state index is 0.272. The van der Waals surface area contributed by atoms with Crippen molar-refractivity contribution in [1.82, 2.24) is 15.0 Å². The Labute approximate surface area is 112 Å². The number of hydrogen-bond acceptors (Lipinski definition) is 5.